The molecule has 0 aliphatic rings. The number of hydrogen-bond acceptors (Lipinski definition) is 3. The summed E-state index contributed by atoms with van der Waals surface area (Å²) in [5.41, 5.74) is 2.78. The maximum Gasteiger partial charge on any atom is 0.0713 e. The van der Waals surface area contributed by atoms with Crippen LogP contribution in [-0.2, 0) is 29.8 Å². The molecule has 21 heavy (non-hydrogen) atoms. The van der Waals surface area contributed by atoms with Gasteiger partial charge in [0.25, 0.3) is 0 Å². The monoisotopic (exact) mass is 303 g/mol. The molecular weight excluding hydrogens is 278 g/mol. The highest BCUT2D eigenvalue weighted by Crippen LogP contribution is 2.29. The zero-order chi connectivity index (χ0) is 15.3. The Kier molecular flexibility index (Phi) is 5.57. The van der Waals surface area contributed by atoms with Gasteiger partial charge in [0.15, 0.2) is 0 Å². The second-order valence-corrected chi connectivity index (χ2v) is 7.54. The highest BCUT2D eigenvalue weighted by atomic mass is 32.1. The fourth-order valence-electron chi connectivity index (χ4n) is 2.20. The van der Waals surface area contributed by atoms with Gasteiger partial charge in [-0.1, -0.05) is 45.0 Å². The van der Waals surface area contributed by atoms with Gasteiger partial charge in [-0.2, -0.15) is 0 Å². The van der Waals surface area contributed by atoms with Crippen molar-refractivity contribution in [2.24, 2.45) is 0 Å². The van der Waals surface area contributed by atoms with Gasteiger partial charge in [-0.15, -0.1) is 11.3 Å². The van der Waals surface area contributed by atoms with Gasteiger partial charge < -0.3 is 10.1 Å². The molecule has 1 aromatic carbocycles. The molecule has 1 heterocycles. The third kappa shape index (κ3) is 4.95. The van der Waals surface area contributed by atoms with E-state index in [0.717, 1.165) is 13.1 Å². The fourth-order valence-corrected chi connectivity index (χ4v) is 3.24. The van der Waals surface area contributed by atoms with Crippen LogP contribution in [0.15, 0.2) is 36.4 Å². The van der Waals surface area contributed by atoms with Gasteiger partial charge in [0.05, 0.1) is 6.61 Å². The summed E-state index contributed by atoms with van der Waals surface area (Å²) in [6.45, 7) is 9.27. The standard InChI is InChI=1S/C18H25NOS/c1-18(2,3)17-9-8-16(21-17)12-19-11-14-6-5-7-15(10-14)13-20-4/h5-10,19H,11-13H2,1-4H3. The lowest BCUT2D eigenvalue weighted by molar-refractivity contribution is 0.185. The molecule has 1 aromatic heterocycles. The first-order chi connectivity index (χ1) is 9.99. The number of ether oxygens (including phenoxy) is 1. The van der Waals surface area contributed by atoms with Crippen LogP contribution in [0.2, 0.25) is 0 Å². The van der Waals surface area contributed by atoms with Gasteiger partial charge in [-0.25, -0.2) is 0 Å². The Hall–Kier alpha value is -1.16. The van der Waals surface area contributed by atoms with Crippen molar-refractivity contribution in [3.05, 3.63) is 57.3 Å². The molecule has 2 nitrogen and oxygen atoms in total. The van der Waals surface area contributed by atoms with E-state index in [1.165, 1.54) is 20.9 Å². The van der Waals surface area contributed by atoms with E-state index in [9.17, 15) is 0 Å². The molecule has 0 amide bonds. The van der Waals surface area contributed by atoms with Crippen molar-refractivity contribution in [3.8, 4) is 0 Å². The molecular formula is C18H25NOS. The Morgan fingerprint density at radius 3 is 2.48 bits per heavy atom. The van der Waals surface area contributed by atoms with Gasteiger partial charge in [-0.3, -0.25) is 0 Å². The van der Waals surface area contributed by atoms with Gasteiger partial charge in [0.1, 0.15) is 0 Å². The summed E-state index contributed by atoms with van der Waals surface area (Å²) < 4.78 is 5.17. The minimum atomic E-state index is 0.247. The minimum absolute atomic E-state index is 0.247. The molecule has 114 valence electrons. The van der Waals surface area contributed by atoms with Crippen molar-refractivity contribution >= 4 is 11.3 Å². The van der Waals surface area contributed by atoms with Crippen molar-refractivity contribution in [3.63, 3.8) is 0 Å². The molecule has 0 fully saturated rings. The zero-order valence-electron chi connectivity index (χ0n) is 13.4. The van der Waals surface area contributed by atoms with Gasteiger partial charge in [-0.05, 0) is 28.7 Å². The molecule has 0 aliphatic heterocycles. The average Bonchev–Trinajstić information content (AvgIpc) is 2.88. The van der Waals surface area contributed by atoms with Crippen molar-refractivity contribution < 1.29 is 4.74 Å². The Balaban J connectivity index is 1.87. The molecule has 0 saturated carbocycles. The summed E-state index contributed by atoms with van der Waals surface area (Å²) >= 11 is 1.90. The van der Waals surface area contributed by atoms with Gasteiger partial charge >= 0.3 is 0 Å². The lowest BCUT2D eigenvalue weighted by Gasteiger charge is -2.15. The Morgan fingerprint density at radius 2 is 1.81 bits per heavy atom. The number of methoxy groups -OCH3 is 1. The van der Waals surface area contributed by atoms with Crippen LogP contribution in [0.5, 0.6) is 0 Å². The summed E-state index contributed by atoms with van der Waals surface area (Å²) in [5, 5.41) is 3.52. The Bertz CT molecular complexity index is 569. The van der Waals surface area contributed by atoms with Crippen LogP contribution in [-0.4, -0.2) is 7.11 Å². The molecule has 0 atom stereocenters. The number of benzene rings is 1. The molecule has 2 rings (SSSR count). The predicted octanol–water partition coefficient (Wildman–Crippen LogP) is 4.48. The van der Waals surface area contributed by atoms with Crippen molar-refractivity contribution in [2.75, 3.05) is 7.11 Å². The molecule has 0 bridgehead atoms. The molecule has 0 aliphatic carbocycles. The van der Waals surface area contributed by atoms with Gasteiger partial charge in [0.2, 0.25) is 0 Å². The van der Waals surface area contributed by atoms with E-state index in [1.807, 2.05) is 11.3 Å². The average molecular weight is 303 g/mol. The first-order valence-electron chi connectivity index (χ1n) is 7.35. The summed E-state index contributed by atoms with van der Waals surface area (Å²) in [7, 11) is 1.73. The third-order valence-electron chi connectivity index (χ3n) is 3.33. The highest BCUT2D eigenvalue weighted by molar-refractivity contribution is 7.12. The van der Waals surface area contributed by atoms with Crippen LogP contribution in [0, 0.1) is 0 Å². The fraction of sp³-hybridized carbons (Fsp3) is 0.444. The molecule has 0 radical (unpaired) electrons. The smallest absolute Gasteiger partial charge is 0.0713 e. The lowest BCUT2D eigenvalue weighted by atomic mass is 9.95. The van der Waals surface area contributed by atoms with Crippen LogP contribution >= 0.6 is 11.3 Å². The summed E-state index contributed by atoms with van der Waals surface area (Å²) in [6, 6.07) is 13.0. The number of rotatable bonds is 6. The molecule has 2 aromatic rings. The maximum absolute atomic E-state index is 5.17. The van der Waals surface area contributed by atoms with E-state index in [2.05, 4.69) is 62.5 Å². The van der Waals surface area contributed by atoms with E-state index in [4.69, 9.17) is 4.74 Å². The second kappa shape index (κ2) is 7.21. The van der Waals surface area contributed by atoms with Crippen LogP contribution < -0.4 is 5.32 Å². The Labute approximate surface area is 132 Å². The summed E-state index contributed by atoms with van der Waals surface area (Å²) in [5.74, 6) is 0. The lowest BCUT2D eigenvalue weighted by Crippen LogP contribution is -2.12. The van der Waals surface area contributed by atoms with Gasteiger partial charge in [0, 0.05) is 30.0 Å². The van der Waals surface area contributed by atoms with Crippen LogP contribution in [0.25, 0.3) is 0 Å². The number of nitrogens with one attached hydrogen (secondary N) is 1. The first-order valence-corrected chi connectivity index (χ1v) is 8.17. The molecule has 0 saturated heterocycles. The second-order valence-electron chi connectivity index (χ2n) is 6.37. The van der Waals surface area contributed by atoms with Crippen LogP contribution in [0.1, 0.15) is 41.7 Å². The topological polar surface area (TPSA) is 21.3 Å². The van der Waals surface area contributed by atoms with Crippen molar-refractivity contribution in [1.82, 2.24) is 5.32 Å². The van der Waals surface area contributed by atoms with E-state index in [1.54, 1.807) is 7.11 Å². The predicted molar refractivity (Wildman–Crippen MR) is 90.7 cm³/mol. The molecule has 0 spiro atoms. The summed E-state index contributed by atoms with van der Waals surface area (Å²) in [6.07, 6.45) is 0. The highest BCUT2D eigenvalue weighted by Gasteiger charge is 2.15. The van der Waals surface area contributed by atoms with Crippen LogP contribution in [0.3, 0.4) is 0 Å². The normalized spacial score (nSPS) is 11.8. The van der Waals surface area contributed by atoms with E-state index in [0.29, 0.717) is 6.61 Å². The third-order valence-corrected chi connectivity index (χ3v) is 4.84. The molecule has 0 unspecified atom stereocenters. The summed E-state index contributed by atoms with van der Waals surface area (Å²) in [4.78, 5) is 2.84. The maximum atomic E-state index is 5.17. The largest absolute Gasteiger partial charge is 0.380 e. The zero-order valence-corrected chi connectivity index (χ0v) is 14.2. The number of hydrogen-bond donors (Lipinski definition) is 1. The van der Waals surface area contributed by atoms with Crippen LogP contribution in [0.4, 0.5) is 0 Å². The van der Waals surface area contributed by atoms with E-state index >= 15 is 0 Å². The Morgan fingerprint density at radius 1 is 1.05 bits per heavy atom. The first kappa shape index (κ1) is 16.2. The van der Waals surface area contributed by atoms with E-state index < -0.39 is 0 Å². The molecule has 3 heteroatoms. The molecule has 1 N–H and O–H groups in total. The minimum Gasteiger partial charge on any atom is -0.380 e. The van der Waals surface area contributed by atoms with Crippen molar-refractivity contribution in [2.45, 2.75) is 45.9 Å². The van der Waals surface area contributed by atoms with Crippen molar-refractivity contribution in [1.29, 1.82) is 0 Å². The SMILES string of the molecule is COCc1cccc(CNCc2ccc(C(C)(C)C)s2)c1. The van der Waals surface area contributed by atoms with E-state index in [-0.39, 0.29) is 5.41 Å². The number of thiophene rings is 1. The quantitative estimate of drug-likeness (QED) is 0.849.